The summed E-state index contributed by atoms with van der Waals surface area (Å²) in [5.41, 5.74) is 0. The molecule has 0 fully saturated rings. The molecule has 0 amide bonds. The van der Waals surface area contributed by atoms with E-state index in [1.54, 1.807) is 0 Å². The SMILES string of the molecule is CCCCC(BO)CCCC. The van der Waals surface area contributed by atoms with Gasteiger partial charge in [-0.1, -0.05) is 52.4 Å². The lowest BCUT2D eigenvalue weighted by atomic mass is 9.74. The van der Waals surface area contributed by atoms with Crippen LogP contribution in [0.2, 0.25) is 5.82 Å². The van der Waals surface area contributed by atoms with Gasteiger partial charge in [-0.2, -0.15) is 0 Å². The molecule has 0 saturated carbocycles. The van der Waals surface area contributed by atoms with Crippen molar-refractivity contribution >= 4 is 7.48 Å². The maximum Gasteiger partial charge on any atom is 0.273 e. The van der Waals surface area contributed by atoms with Gasteiger partial charge in [-0.25, -0.2) is 0 Å². The van der Waals surface area contributed by atoms with E-state index in [1.165, 1.54) is 38.5 Å². The van der Waals surface area contributed by atoms with Gasteiger partial charge >= 0.3 is 0 Å². The third kappa shape index (κ3) is 6.42. The van der Waals surface area contributed by atoms with Crippen molar-refractivity contribution in [2.24, 2.45) is 0 Å². The van der Waals surface area contributed by atoms with Crippen molar-refractivity contribution in [2.75, 3.05) is 0 Å². The van der Waals surface area contributed by atoms with Crippen LogP contribution in [-0.4, -0.2) is 12.5 Å². The molecule has 2 heteroatoms. The van der Waals surface area contributed by atoms with Crippen molar-refractivity contribution in [3.8, 4) is 0 Å². The van der Waals surface area contributed by atoms with Crippen molar-refractivity contribution in [1.82, 2.24) is 0 Å². The highest BCUT2D eigenvalue weighted by molar-refractivity contribution is 6.27. The first-order valence-electron chi connectivity index (χ1n) is 4.96. The summed E-state index contributed by atoms with van der Waals surface area (Å²) < 4.78 is 0. The van der Waals surface area contributed by atoms with Crippen molar-refractivity contribution < 1.29 is 5.02 Å². The Morgan fingerprint density at radius 2 is 1.55 bits per heavy atom. The second-order valence-corrected chi connectivity index (χ2v) is 3.33. The van der Waals surface area contributed by atoms with Gasteiger partial charge in [-0.3, -0.25) is 0 Å². The van der Waals surface area contributed by atoms with Crippen LogP contribution in [0.4, 0.5) is 0 Å². The molecule has 0 radical (unpaired) electrons. The Morgan fingerprint density at radius 1 is 1.09 bits per heavy atom. The van der Waals surface area contributed by atoms with Crippen molar-refractivity contribution in [3.63, 3.8) is 0 Å². The van der Waals surface area contributed by atoms with Crippen LogP contribution in [0.3, 0.4) is 0 Å². The third-order valence-electron chi connectivity index (χ3n) is 2.19. The molecule has 1 nitrogen and oxygen atoms in total. The molecule has 0 aromatic carbocycles. The number of rotatable bonds is 7. The normalized spacial score (nSPS) is 10.5. The predicted molar refractivity (Wildman–Crippen MR) is 52.2 cm³/mol. The Morgan fingerprint density at radius 3 is 1.82 bits per heavy atom. The zero-order valence-corrected chi connectivity index (χ0v) is 7.97. The number of unbranched alkanes of at least 4 members (excludes halogenated alkanes) is 2. The van der Waals surface area contributed by atoms with Crippen molar-refractivity contribution in [2.45, 2.75) is 58.2 Å². The molecule has 0 aliphatic rings. The predicted octanol–water partition coefficient (Wildman–Crippen LogP) is 2.50. The topological polar surface area (TPSA) is 20.2 Å². The minimum atomic E-state index is 0.389. The van der Waals surface area contributed by atoms with Crippen LogP contribution in [0.25, 0.3) is 0 Å². The van der Waals surface area contributed by atoms with E-state index in [9.17, 15) is 0 Å². The molecule has 0 aliphatic heterocycles. The van der Waals surface area contributed by atoms with E-state index < -0.39 is 0 Å². The summed E-state index contributed by atoms with van der Waals surface area (Å²) in [7, 11) is 0.389. The first-order valence-corrected chi connectivity index (χ1v) is 4.96. The lowest BCUT2D eigenvalue weighted by molar-refractivity contribution is 0.523. The van der Waals surface area contributed by atoms with E-state index >= 15 is 0 Å². The smallest absolute Gasteiger partial charge is 0.273 e. The summed E-state index contributed by atoms with van der Waals surface area (Å²) >= 11 is 0. The minimum absolute atomic E-state index is 0.389. The Bertz CT molecular complexity index is 68.0. The zero-order valence-electron chi connectivity index (χ0n) is 7.97. The van der Waals surface area contributed by atoms with Crippen LogP contribution in [0, 0.1) is 0 Å². The van der Waals surface area contributed by atoms with E-state index in [-0.39, 0.29) is 0 Å². The van der Waals surface area contributed by atoms with Gasteiger partial charge in [-0.15, -0.1) is 0 Å². The van der Waals surface area contributed by atoms with Gasteiger partial charge in [0.25, 0.3) is 7.48 Å². The first-order chi connectivity index (χ1) is 5.35. The first kappa shape index (κ1) is 11.0. The minimum Gasteiger partial charge on any atom is -0.454 e. The lowest BCUT2D eigenvalue weighted by Gasteiger charge is -2.10. The van der Waals surface area contributed by atoms with E-state index in [0.717, 1.165) is 0 Å². The summed E-state index contributed by atoms with van der Waals surface area (Å²) in [6, 6.07) is 0. The Labute approximate surface area is 71.5 Å². The second-order valence-electron chi connectivity index (χ2n) is 3.33. The summed E-state index contributed by atoms with van der Waals surface area (Å²) in [6.45, 7) is 4.41. The Kier molecular flexibility index (Phi) is 8.14. The highest BCUT2D eigenvalue weighted by Gasteiger charge is 2.07. The molecule has 0 bridgehead atoms. The average Bonchev–Trinajstić information content (AvgIpc) is 2.05. The zero-order chi connectivity index (χ0) is 8.53. The van der Waals surface area contributed by atoms with Crippen molar-refractivity contribution in [1.29, 1.82) is 0 Å². The van der Waals surface area contributed by atoms with E-state index in [4.69, 9.17) is 5.02 Å². The Hall–Kier alpha value is 0.0249. The quantitative estimate of drug-likeness (QED) is 0.561. The fraction of sp³-hybridized carbons (Fsp3) is 1.00. The molecular weight excluding hydrogens is 135 g/mol. The summed E-state index contributed by atoms with van der Waals surface area (Å²) in [4.78, 5) is 0. The van der Waals surface area contributed by atoms with Gasteiger partial charge in [0, 0.05) is 0 Å². The molecule has 0 atom stereocenters. The average molecular weight is 156 g/mol. The molecule has 11 heavy (non-hydrogen) atoms. The summed E-state index contributed by atoms with van der Waals surface area (Å²) in [6.07, 6.45) is 7.48. The van der Waals surface area contributed by atoms with Gasteiger partial charge in [0.1, 0.15) is 0 Å². The van der Waals surface area contributed by atoms with Crippen LogP contribution in [-0.2, 0) is 0 Å². The molecular formula is C9H21BO. The fourth-order valence-corrected chi connectivity index (χ4v) is 1.31. The molecule has 0 aromatic heterocycles. The standard InChI is InChI=1S/C9H21BO/c1-3-5-7-9(10-11)8-6-4-2/h9-11H,3-8H2,1-2H3. The monoisotopic (exact) mass is 156 g/mol. The van der Waals surface area contributed by atoms with Gasteiger partial charge < -0.3 is 5.02 Å². The second kappa shape index (κ2) is 8.12. The molecule has 0 aromatic rings. The largest absolute Gasteiger partial charge is 0.454 e. The van der Waals surface area contributed by atoms with E-state index in [0.29, 0.717) is 13.3 Å². The van der Waals surface area contributed by atoms with Crippen molar-refractivity contribution in [3.05, 3.63) is 0 Å². The highest BCUT2D eigenvalue weighted by atomic mass is 16.2. The van der Waals surface area contributed by atoms with Crippen LogP contribution in [0.5, 0.6) is 0 Å². The number of hydrogen-bond acceptors (Lipinski definition) is 1. The molecule has 0 aliphatic carbocycles. The van der Waals surface area contributed by atoms with Crippen LogP contribution in [0.15, 0.2) is 0 Å². The molecule has 0 heterocycles. The molecule has 1 N–H and O–H groups in total. The van der Waals surface area contributed by atoms with Gasteiger partial charge in [0.2, 0.25) is 0 Å². The molecule has 0 spiro atoms. The summed E-state index contributed by atoms with van der Waals surface area (Å²) in [5, 5.41) is 8.98. The van der Waals surface area contributed by atoms with Crippen LogP contribution in [0.1, 0.15) is 52.4 Å². The molecule has 0 rings (SSSR count). The van der Waals surface area contributed by atoms with Gasteiger partial charge in [-0.05, 0) is 5.82 Å². The fourth-order valence-electron chi connectivity index (χ4n) is 1.31. The lowest BCUT2D eigenvalue weighted by Crippen LogP contribution is -2.02. The van der Waals surface area contributed by atoms with E-state index in [1.807, 2.05) is 0 Å². The van der Waals surface area contributed by atoms with E-state index in [2.05, 4.69) is 13.8 Å². The van der Waals surface area contributed by atoms with Gasteiger partial charge in [0.05, 0.1) is 0 Å². The van der Waals surface area contributed by atoms with Crippen LogP contribution >= 0.6 is 0 Å². The molecule has 66 valence electrons. The summed E-state index contributed by atoms with van der Waals surface area (Å²) in [5.74, 6) is 0.579. The third-order valence-corrected chi connectivity index (χ3v) is 2.19. The number of hydrogen-bond donors (Lipinski definition) is 1. The van der Waals surface area contributed by atoms with Crippen LogP contribution < -0.4 is 0 Å². The Balaban J connectivity index is 3.25. The maximum absolute atomic E-state index is 8.98. The molecule has 0 unspecified atom stereocenters. The highest BCUT2D eigenvalue weighted by Crippen LogP contribution is 2.19. The van der Waals surface area contributed by atoms with Gasteiger partial charge in [0.15, 0.2) is 0 Å². The molecule has 0 saturated heterocycles. The maximum atomic E-state index is 8.98.